The molecule has 50 valence electrons. The topological polar surface area (TPSA) is 26.0 Å². The van der Waals surface area contributed by atoms with Gasteiger partial charge in [0.05, 0.1) is 0 Å². The summed E-state index contributed by atoms with van der Waals surface area (Å²) in [4.78, 5) is 0. The van der Waals surface area contributed by atoms with Crippen LogP contribution in [0.5, 0.6) is 0 Å². The van der Waals surface area contributed by atoms with Crippen molar-refractivity contribution >= 4 is 0 Å². The zero-order chi connectivity index (χ0) is 6.99. The van der Waals surface area contributed by atoms with E-state index in [1.807, 2.05) is 20.8 Å². The first-order valence-corrected chi connectivity index (χ1v) is 2.82. The maximum atomic E-state index is 5.19. The Hall–Kier alpha value is -0.720. The van der Waals surface area contributed by atoms with Gasteiger partial charge in [-0.05, 0) is 13.0 Å². The van der Waals surface area contributed by atoms with Crippen molar-refractivity contribution in [3.8, 4) is 0 Å². The van der Waals surface area contributed by atoms with Crippen LogP contribution in [0.15, 0.2) is 24.4 Å². The molecule has 0 spiro atoms. The fourth-order valence-corrected chi connectivity index (χ4v) is 0.186. The third kappa shape index (κ3) is 18.6. The molecule has 0 aliphatic heterocycles. The molecular formula is C7H17N. The number of allylic oxidation sites excluding steroid dienone is 3. The molecule has 0 heterocycles. The quantitative estimate of drug-likeness (QED) is 0.521. The van der Waals surface area contributed by atoms with Crippen LogP contribution in [0.3, 0.4) is 0 Å². The van der Waals surface area contributed by atoms with Gasteiger partial charge in [-0.3, -0.25) is 0 Å². The average molecular weight is 115 g/mol. The lowest BCUT2D eigenvalue weighted by Gasteiger charge is -1.78. The minimum Gasteiger partial charge on any atom is -0.402 e. The summed E-state index contributed by atoms with van der Waals surface area (Å²) in [5, 5.41) is 0. The van der Waals surface area contributed by atoms with Gasteiger partial charge < -0.3 is 5.73 Å². The van der Waals surface area contributed by atoms with Crippen LogP contribution in [0.25, 0.3) is 0 Å². The molecule has 0 aliphatic carbocycles. The smallest absolute Gasteiger partial charge is 0.00486 e. The summed E-state index contributed by atoms with van der Waals surface area (Å²) in [6.45, 7) is 9.27. The van der Waals surface area contributed by atoms with Crippen molar-refractivity contribution in [3.05, 3.63) is 24.4 Å². The molecule has 0 rings (SSSR count). The summed E-state index contributed by atoms with van der Waals surface area (Å²) in [7, 11) is 0. The monoisotopic (exact) mass is 115 g/mol. The molecule has 0 aromatic rings. The number of rotatable bonds is 1. The molecule has 0 aromatic carbocycles. The zero-order valence-electron chi connectivity index (χ0n) is 5.94. The van der Waals surface area contributed by atoms with E-state index < -0.39 is 0 Å². The van der Waals surface area contributed by atoms with E-state index in [1.165, 1.54) is 0 Å². The Morgan fingerprint density at radius 2 is 2.00 bits per heavy atom. The number of nitrogens with two attached hydrogens (primary N) is 1. The zero-order valence-corrected chi connectivity index (χ0v) is 5.94. The lowest BCUT2D eigenvalue weighted by atomic mass is 10.4. The molecule has 0 atom stereocenters. The van der Waals surface area contributed by atoms with Crippen LogP contribution in [0.1, 0.15) is 22.2 Å². The minimum atomic E-state index is 0. The third-order valence-electron chi connectivity index (χ3n) is 0.381. The maximum absolute atomic E-state index is 5.19. The summed E-state index contributed by atoms with van der Waals surface area (Å²) in [5.41, 5.74) is 5.99. The summed E-state index contributed by atoms with van der Waals surface area (Å²) in [6, 6.07) is 0. The summed E-state index contributed by atoms with van der Waals surface area (Å²) >= 11 is 0. The van der Waals surface area contributed by atoms with Crippen molar-refractivity contribution in [2.45, 2.75) is 20.8 Å². The first-order valence-electron chi connectivity index (χ1n) is 2.82. The van der Waals surface area contributed by atoms with Crippen LogP contribution >= 0.6 is 0 Å². The van der Waals surface area contributed by atoms with E-state index in [0.29, 0.717) is 0 Å². The van der Waals surface area contributed by atoms with Gasteiger partial charge in [0.25, 0.3) is 0 Å². The molecular weight excluding hydrogens is 98.1 g/mol. The molecule has 0 saturated carbocycles. The van der Waals surface area contributed by atoms with Crippen LogP contribution in [0.4, 0.5) is 0 Å². The highest BCUT2D eigenvalue weighted by Gasteiger charge is 1.63. The van der Waals surface area contributed by atoms with Crippen molar-refractivity contribution < 1.29 is 1.43 Å². The van der Waals surface area contributed by atoms with Gasteiger partial charge in [-0.1, -0.05) is 26.5 Å². The van der Waals surface area contributed by atoms with Crippen LogP contribution in [-0.4, -0.2) is 0 Å². The second kappa shape index (κ2) is 9.56. The van der Waals surface area contributed by atoms with Crippen molar-refractivity contribution in [3.63, 3.8) is 0 Å². The molecule has 0 unspecified atom stereocenters. The van der Waals surface area contributed by atoms with Gasteiger partial charge in [0.1, 0.15) is 0 Å². The van der Waals surface area contributed by atoms with Gasteiger partial charge in [0.2, 0.25) is 0 Å². The van der Waals surface area contributed by atoms with Gasteiger partial charge in [-0.2, -0.15) is 0 Å². The molecule has 1 nitrogen and oxygen atoms in total. The normalized spacial score (nSPS) is 9.12. The van der Waals surface area contributed by atoms with Gasteiger partial charge in [-0.15, -0.1) is 0 Å². The molecule has 0 aromatic heterocycles. The Labute approximate surface area is 53.4 Å². The van der Waals surface area contributed by atoms with Crippen molar-refractivity contribution in [1.29, 1.82) is 0 Å². The summed E-state index contributed by atoms with van der Waals surface area (Å²) in [5.74, 6) is 0. The molecule has 8 heavy (non-hydrogen) atoms. The average Bonchev–Trinajstić information content (AvgIpc) is 1.72. The molecule has 0 saturated heterocycles. The highest BCUT2D eigenvalue weighted by atomic mass is 14.5. The second-order valence-electron chi connectivity index (χ2n) is 1.15. The molecule has 0 radical (unpaired) electrons. The van der Waals surface area contributed by atoms with Crippen LogP contribution in [-0.2, 0) is 0 Å². The Bertz CT molecular complexity index is 73.0. The SMILES string of the molecule is C=C/C=C(/C)N.CC.[HH]. The predicted octanol–water partition coefficient (Wildman–Crippen LogP) is 2.31. The lowest BCUT2D eigenvalue weighted by molar-refractivity contribution is 1.32. The fraction of sp³-hybridized carbons (Fsp3) is 0.429. The van der Waals surface area contributed by atoms with Crippen LogP contribution < -0.4 is 5.73 Å². The summed E-state index contributed by atoms with van der Waals surface area (Å²) in [6.07, 6.45) is 3.41. The van der Waals surface area contributed by atoms with E-state index >= 15 is 0 Å². The highest BCUT2D eigenvalue weighted by Crippen LogP contribution is 1.75. The Balaban J connectivity index is -0.000000109. The van der Waals surface area contributed by atoms with E-state index in [9.17, 15) is 0 Å². The summed E-state index contributed by atoms with van der Waals surface area (Å²) < 4.78 is 0. The Kier molecular flexibility index (Phi) is 12.3. The van der Waals surface area contributed by atoms with Gasteiger partial charge in [0, 0.05) is 7.12 Å². The second-order valence-corrected chi connectivity index (χ2v) is 1.15. The van der Waals surface area contributed by atoms with Crippen LogP contribution in [0, 0.1) is 0 Å². The van der Waals surface area contributed by atoms with Gasteiger partial charge >= 0.3 is 0 Å². The predicted molar refractivity (Wildman–Crippen MR) is 41.6 cm³/mol. The maximum Gasteiger partial charge on any atom is 0.00486 e. The Morgan fingerprint density at radius 3 is 2.00 bits per heavy atom. The van der Waals surface area contributed by atoms with E-state index in [4.69, 9.17) is 5.73 Å². The molecule has 0 aliphatic rings. The van der Waals surface area contributed by atoms with Gasteiger partial charge in [0.15, 0.2) is 0 Å². The van der Waals surface area contributed by atoms with Gasteiger partial charge in [-0.25, -0.2) is 0 Å². The van der Waals surface area contributed by atoms with Crippen molar-refractivity contribution in [2.75, 3.05) is 0 Å². The third-order valence-corrected chi connectivity index (χ3v) is 0.381. The first kappa shape index (κ1) is 10.3. The van der Waals surface area contributed by atoms with E-state index in [-0.39, 0.29) is 1.43 Å². The number of hydrogen-bond acceptors (Lipinski definition) is 1. The first-order chi connectivity index (χ1) is 3.77. The minimum absolute atomic E-state index is 0. The molecule has 0 fully saturated rings. The van der Waals surface area contributed by atoms with E-state index in [0.717, 1.165) is 5.70 Å². The van der Waals surface area contributed by atoms with Crippen LogP contribution in [0.2, 0.25) is 0 Å². The van der Waals surface area contributed by atoms with Crippen molar-refractivity contribution in [1.82, 2.24) is 0 Å². The molecule has 0 bridgehead atoms. The van der Waals surface area contributed by atoms with Crippen molar-refractivity contribution in [2.24, 2.45) is 5.73 Å². The van der Waals surface area contributed by atoms with E-state index in [2.05, 4.69) is 6.58 Å². The molecule has 2 N–H and O–H groups in total. The molecule has 1 heteroatoms. The largest absolute Gasteiger partial charge is 0.402 e. The van der Waals surface area contributed by atoms with E-state index in [1.54, 1.807) is 12.2 Å². The highest BCUT2D eigenvalue weighted by molar-refractivity contribution is 5.03. The molecule has 0 amide bonds. The number of hydrogen-bond donors (Lipinski definition) is 1. The fourth-order valence-electron chi connectivity index (χ4n) is 0.186. The lowest BCUT2D eigenvalue weighted by Crippen LogP contribution is -1.87. The Morgan fingerprint density at radius 1 is 1.62 bits per heavy atom. The standard InChI is InChI=1S/C5H9N.C2H6.H2/c1-3-4-5(2)6;1-2;/h3-4H,1,6H2,2H3;1-2H3;1H/b5-4-;;.